The third-order valence-electron chi connectivity index (χ3n) is 4.68. The molecule has 3 rings (SSSR count). The van der Waals surface area contributed by atoms with E-state index < -0.39 is 6.10 Å². The smallest absolute Gasteiger partial charge is 0.356 e. The number of aromatic nitrogens is 2. The molecule has 1 atom stereocenters. The van der Waals surface area contributed by atoms with Gasteiger partial charge in [-0.3, -0.25) is 5.73 Å². The maximum atomic E-state index is 10.7. The van der Waals surface area contributed by atoms with Crippen molar-refractivity contribution in [3.05, 3.63) is 54.1 Å². The number of aryl methyl sites for hydroxylation is 1. The molecule has 0 saturated heterocycles. The fourth-order valence-corrected chi connectivity index (χ4v) is 3.29. The summed E-state index contributed by atoms with van der Waals surface area (Å²) in [5, 5.41) is 10.7. The largest absolute Gasteiger partial charge is 0.494 e. The van der Waals surface area contributed by atoms with Crippen molar-refractivity contribution in [2.75, 3.05) is 12.3 Å². The summed E-state index contributed by atoms with van der Waals surface area (Å²) < 4.78 is 9.61. The molecular formula is C21H28N3O2+. The first-order valence-corrected chi connectivity index (χ1v) is 9.33. The van der Waals surface area contributed by atoms with Gasteiger partial charge in [0.05, 0.1) is 13.2 Å². The van der Waals surface area contributed by atoms with Crippen molar-refractivity contribution >= 4 is 17.0 Å². The van der Waals surface area contributed by atoms with Crippen LogP contribution in [0.3, 0.4) is 0 Å². The van der Waals surface area contributed by atoms with Crippen LogP contribution in [-0.4, -0.2) is 16.3 Å². The SMILES string of the molecule is CCCCn1c(N)[n+](CC(O)c2ccc(OCC)cc2)c2ccccc21. The Hall–Kier alpha value is -2.53. The number of anilines is 1. The predicted octanol–water partition coefficient (Wildman–Crippen LogP) is 3.44. The molecule has 5 heteroatoms. The van der Waals surface area contributed by atoms with Gasteiger partial charge in [-0.1, -0.05) is 37.6 Å². The van der Waals surface area contributed by atoms with Gasteiger partial charge in [-0.15, -0.1) is 0 Å². The van der Waals surface area contributed by atoms with Crippen LogP contribution in [0, 0.1) is 0 Å². The second-order valence-electron chi connectivity index (χ2n) is 6.48. The first-order valence-electron chi connectivity index (χ1n) is 9.33. The zero-order valence-corrected chi connectivity index (χ0v) is 15.6. The van der Waals surface area contributed by atoms with E-state index in [2.05, 4.69) is 23.6 Å². The van der Waals surface area contributed by atoms with Crippen molar-refractivity contribution in [3.63, 3.8) is 0 Å². The lowest BCUT2D eigenvalue weighted by molar-refractivity contribution is -0.666. The molecule has 0 radical (unpaired) electrons. The molecule has 1 unspecified atom stereocenters. The minimum atomic E-state index is -0.636. The molecule has 138 valence electrons. The summed E-state index contributed by atoms with van der Waals surface area (Å²) in [7, 11) is 0. The van der Waals surface area contributed by atoms with Crippen LogP contribution in [0.5, 0.6) is 5.75 Å². The van der Waals surface area contributed by atoms with Gasteiger partial charge in [0.2, 0.25) is 0 Å². The highest BCUT2D eigenvalue weighted by Gasteiger charge is 2.23. The number of para-hydroxylation sites is 2. The average Bonchev–Trinajstić information content (AvgIpc) is 2.92. The Morgan fingerprint density at radius 1 is 1.12 bits per heavy atom. The Morgan fingerprint density at radius 3 is 2.54 bits per heavy atom. The van der Waals surface area contributed by atoms with E-state index in [0.717, 1.165) is 41.7 Å². The molecule has 1 heterocycles. The lowest BCUT2D eigenvalue weighted by Gasteiger charge is -2.11. The summed E-state index contributed by atoms with van der Waals surface area (Å²) in [5.74, 6) is 1.50. The predicted molar refractivity (Wildman–Crippen MR) is 104 cm³/mol. The van der Waals surface area contributed by atoms with Gasteiger partial charge in [0, 0.05) is 0 Å². The van der Waals surface area contributed by atoms with Crippen LogP contribution < -0.4 is 15.0 Å². The number of fused-ring (bicyclic) bond motifs is 1. The molecule has 0 spiro atoms. The van der Waals surface area contributed by atoms with Gasteiger partial charge in [-0.25, -0.2) is 9.13 Å². The van der Waals surface area contributed by atoms with E-state index in [4.69, 9.17) is 10.5 Å². The van der Waals surface area contributed by atoms with Crippen LogP contribution in [0.2, 0.25) is 0 Å². The first kappa shape index (κ1) is 18.3. The molecule has 0 bridgehead atoms. The van der Waals surface area contributed by atoms with Crippen molar-refractivity contribution in [1.82, 2.24) is 4.57 Å². The number of imidazole rings is 1. The van der Waals surface area contributed by atoms with E-state index in [1.807, 2.05) is 47.9 Å². The van der Waals surface area contributed by atoms with Crippen LogP contribution in [0.1, 0.15) is 38.4 Å². The Kier molecular flexibility index (Phi) is 5.78. The fraction of sp³-hybridized carbons (Fsp3) is 0.381. The molecule has 3 N–H and O–H groups in total. The Balaban J connectivity index is 1.89. The zero-order valence-electron chi connectivity index (χ0n) is 15.6. The highest BCUT2D eigenvalue weighted by Crippen LogP contribution is 2.21. The van der Waals surface area contributed by atoms with Gasteiger partial charge in [0.25, 0.3) is 0 Å². The number of nitrogens with two attached hydrogens (primary N) is 1. The van der Waals surface area contributed by atoms with Gasteiger partial charge < -0.3 is 9.84 Å². The number of aliphatic hydroxyl groups is 1. The number of benzene rings is 2. The summed E-state index contributed by atoms with van der Waals surface area (Å²) in [6.45, 7) is 6.06. The van der Waals surface area contributed by atoms with Crippen LogP contribution in [0.4, 0.5) is 5.95 Å². The maximum Gasteiger partial charge on any atom is 0.356 e. The van der Waals surface area contributed by atoms with Crippen LogP contribution >= 0.6 is 0 Å². The molecule has 0 fully saturated rings. The van der Waals surface area contributed by atoms with Crippen LogP contribution in [0.25, 0.3) is 11.0 Å². The number of hydrogen-bond donors (Lipinski definition) is 2. The summed E-state index contributed by atoms with van der Waals surface area (Å²) in [4.78, 5) is 0. The lowest BCUT2D eigenvalue weighted by atomic mass is 10.1. The van der Waals surface area contributed by atoms with Crippen molar-refractivity contribution in [2.45, 2.75) is 45.9 Å². The second-order valence-corrected chi connectivity index (χ2v) is 6.48. The van der Waals surface area contributed by atoms with E-state index >= 15 is 0 Å². The maximum absolute atomic E-state index is 10.7. The van der Waals surface area contributed by atoms with Gasteiger partial charge in [-0.05, 0) is 43.2 Å². The molecule has 3 aromatic rings. The van der Waals surface area contributed by atoms with Gasteiger partial charge in [0.15, 0.2) is 0 Å². The summed E-state index contributed by atoms with van der Waals surface area (Å²) in [5.41, 5.74) is 9.45. The molecular weight excluding hydrogens is 326 g/mol. The van der Waals surface area contributed by atoms with Crippen molar-refractivity contribution in [3.8, 4) is 5.75 Å². The molecule has 0 aliphatic rings. The Labute approximate surface area is 154 Å². The number of hydrogen-bond acceptors (Lipinski definition) is 3. The molecule has 0 saturated carbocycles. The van der Waals surface area contributed by atoms with E-state index in [0.29, 0.717) is 19.1 Å². The fourth-order valence-electron chi connectivity index (χ4n) is 3.29. The van der Waals surface area contributed by atoms with E-state index in [1.165, 1.54) is 0 Å². The zero-order chi connectivity index (χ0) is 18.5. The normalized spacial score (nSPS) is 12.4. The van der Waals surface area contributed by atoms with Crippen molar-refractivity contribution in [1.29, 1.82) is 0 Å². The molecule has 5 nitrogen and oxygen atoms in total. The number of aliphatic hydroxyl groups excluding tert-OH is 1. The number of nitrogens with zero attached hydrogens (tertiary/aromatic N) is 2. The Morgan fingerprint density at radius 2 is 1.85 bits per heavy atom. The molecule has 0 aliphatic carbocycles. The molecule has 0 amide bonds. The topological polar surface area (TPSA) is 64.3 Å². The lowest BCUT2D eigenvalue weighted by Crippen LogP contribution is -2.39. The second kappa shape index (κ2) is 8.23. The molecule has 2 aromatic carbocycles. The molecule has 1 aromatic heterocycles. The van der Waals surface area contributed by atoms with Crippen LogP contribution in [0.15, 0.2) is 48.5 Å². The van der Waals surface area contributed by atoms with Crippen LogP contribution in [-0.2, 0) is 13.1 Å². The third-order valence-corrected chi connectivity index (χ3v) is 4.68. The van der Waals surface area contributed by atoms with Crippen molar-refractivity contribution in [2.24, 2.45) is 0 Å². The van der Waals surface area contributed by atoms with E-state index in [9.17, 15) is 5.11 Å². The molecule has 0 aliphatic heterocycles. The number of nitrogen functional groups attached to an aromatic ring is 1. The average molecular weight is 354 g/mol. The number of ether oxygens (including phenoxy) is 1. The number of unbranched alkanes of at least 4 members (excludes halogenated alkanes) is 1. The summed E-state index contributed by atoms with van der Waals surface area (Å²) in [6.07, 6.45) is 1.55. The monoisotopic (exact) mass is 354 g/mol. The minimum Gasteiger partial charge on any atom is -0.494 e. The van der Waals surface area contributed by atoms with Crippen molar-refractivity contribution < 1.29 is 14.4 Å². The highest BCUT2D eigenvalue weighted by atomic mass is 16.5. The standard InChI is InChI=1S/C21H27N3O2/c1-3-5-14-23-18-8-6-7-9-19(18)24(21(23)22)15-20(25)16-10-12-17(13-11-16)26-4-2/h6-13,20,22,25H,3-5,14-15H2,1-2H3/p+1. The quantitative estimate of drug-likeness (QED) is 0.609. The van der Waals surface area contributed by atoms with E-state index in [-0.39, 0.29) is 0 Å². The summed E-state index contributed by atoms with van der Waals surface area (Å²) >= 11 is 0. The van der Waals surface area contributed by atoms with Gasteiger partial charge in [-0.2, -0.15) is 0 Å². The first-order chi connectivity index (χ1) is 12.7. The number of rotatable bonds is 8. The van der Waals surface area contributed by atoms with E-state index in [1.54, 1.807) is 0 Å². The Bertz CT molecular complexity index is 856. The van der Waals surface area contributed by atoms with Gasteiger partial charge in [0.1, 0.15) is 29.4 Å². The summed E-state index contributed by atoms with van der Waals surface area (Å²) in [6, 6.07) is 15.8. The highest BCUT2D eigenvalue weighted by molar-refractivity contribution is 5.73. The van der Waals surface area contributed by atoms with Gasteiger partial charge >= 0.3 is 5.95 Å². The molecule has 26 heavy (non-hydrogen) atoms. The minimum absolute atomic E-state index is 0.416. The third kappa shape index (κ3) is 3.68.